The maximum Gasteiger partial charge on any atom is 0.341 e. The molecule has 4 aromatic rings. The largest absolute Gasteiger partial charge is 0.465 e. The van der Waals surface area contributed by atoms with Crippen molar-refractivity contribution in [1.82, 2.24) is 15.2 Å². The first-order valence-corrected chi connectivity index (χ1v) is 15.0. The number of amides is 1. The highest BCUT2D eigenvalue weighted by atomic mass is 32.2. The average Bonchev–Trinajstić information content (AvgIpc) is 3.44. The first-order chi connectivity index (χ1) is 18.7. The van der Waals surface area contributed by atoms with Crippen LogP contribution in [-0.4, -0.2) is 39.9 Å². The van der Waals surface area contributed by atoms with E-state index in [2.05, 4.69) is 60.6 Å². The molecular formula is C30H30N4O3S2. The Bertz CT molecular complexity index is 1620. The molecule has 6 rings (SSSR count). The van der Waals surface area contributed by atoms with Gasteiger partial charge in [-0.3, -0.25) is 4.79 Å². The van der Waals surface area contributed by atoms with Crippen LogP contribution in [0, 0.1) is 11.3 Å². The van der Waals surface area contributed by atoms with Crippen molar-refractivity contribution in [3.05, 3.63) is 52.4 Å². The molecule has 0 saturated heterocycles. The Balaban J connectivity index is 1.14. The van der Waals surface area contributed by atoms with E-state index in [1.54, 1.807) is 0 Å². The monoisotopic (exact) mass is 558 g/mol. The van der Waals surface area contributed by atoms with Gasteiger partial charge in [0.25, 0.3) is 0 Å². The Labute approximate surface area is 235 Å². The molecule has 0 radical (unpaired) electrons. The van der Waals surface area contributed by atoms with Crippen LogP contribution in [0.15, 0.2) is 41.6 Å². The van der Waals surface area contributed by atoms with Crippen LogP contribution in [0.5, 0.6) is 0 Å². The molecular weight excluding hydrogens is 528 g/mol. The number of carbonyl (C=O) groups is 2. The van der Waals surface area contributed by atoms with Crippen molar-refractivity contribution in [2.75, 3.05) is 18.2 Å². The number of nitrogens with one attached hydrogen (secondary N) is 1. The van der Waals surface area contributed by atoms with Crippen molar-refractivity contribution < 1.29 is 14.3 Å². The second kappa shape index (κ2) is 10.0. The van der Waals surface area contributed by atoms with E-state index in [1.807, 2.05) is 12.1 Å². The van der Waals surface area contributed by atoms with Crippen molar-refractivity contribution in [3.63, 3.8) is 0 Å². The number of carbonyl (C=O) groups excluding carboxylic acids is 2. The summed E-state index contributed by atoms with van der Waals surface area (Å²) in [5, 5.41) is 15.3. The van der Waals surface area contributed by atoms with Gasteiger partial charge in [0.05, 0.1) is 12.7 Å². The number of fused-ring (bicyclic) bond motifs is 4. The number of ether oxygens (including phenoxy) is 1. The molecule has 200 valence electrons. The smallest absolute Gasteiger partial charge is 0.341 e. The molecule has 2 aliphatic rings. The van der Waals surface area contributed by atoms with Crippen molar-refractivity contribution in [3.8, 4) is 22.5 Å². The molecule has 2 aliphatic carbocycles. The first kappa shape index (κ1) is 26.0. The standard InChI is InChI=1S/C30H30N4O3S2/c1-30(2,3)17-11-12-18-21(15-17)39-27(24(18)28(36)37-4)31-22(35)13-14-38-29-32-25-19-9-5-7-16-8-6-10-20(23(16)19)26(25)33-34-29/h5-10,17H,11-15H2,1-4H3,(H,31,35). The van der Waals surface area contributed by atoms with E-state index >= 15 is 0 Å². The van der Waals surface area contributed by atoms with Crippen LogP contribution in [-0.2, 0) is 22.4 Å². The number of thiophene rings is 1. The summed E-state index contributed by atoms with van der Waals surface area (Å²) in [6.45, 7) is 6.78. The third kappa shape index (κ3) is 4.72. The highest BCUT2D eigenvalue weighted by Crippen LogP contribution is 2.46. The Kier molecular flexibility index (Phi) is 6.67. The average molecular weight is 559 g/mol. The summed E-state index contributed by atoms with van der Waals surface area (Å²) in [5.41, 5.74) is 5.51. The van der Waals surface area contributed by atoms with Crippen LogP contribution in [0.2, 0.25) is 0 Å². The molecule has 1 amide bonds. The summed E-state index contributed by atoms with van der Waals surface area (Å²) >= 11 is 2.92. The minimum Gasteiger partial charge on any atom is -0.465 e. The van der Waals surface area contributed by atoms with Gasteiger partial charge >= 0.3 is 5.97 Å². The summed E-state index contributed by atoms with van der Waals surface area (Å²) in [7, 11) is 1.39. The van der Waals surface area contributed by atoms with Gasteiger partial charge in [-0.05, 0) is 41.5 Å². The number of benzene rings is 2. The van der Waals surface area contributed by atoms with E-state index in [0.29, 0.717) is 27.4 Å². The predicted molar refractivity (Wildman–Crippen MR) is 156 cm³/mol. The second-order valence-corrected chi connectivity index (χ2v) is 13.3. The summed E-state index contributed by atoms with van der Waals surface area (Å²) < 4.78 is 5.09. The van der Waals surface area contributed by atoms with Gasteiger partial charge in [-0.25, -0.2) is 9.78 Å². The Morgan fingerprint density at radius 3 is 2.56 bits per heavy atom. The zero-order valence-corrected chi connectivity index (χ0v) is 24.1. The van der Waals surface area contributed by atoms with Crippen LogP contribution in [0.25, 0.3) is 33.3 Å². The van der Waals surface area contributed by atoms with Crippen LogP contribution >= 0.6 is 23.1 Å². The summed E-state index contributed by atoms with van der Waals surface area (Å²) in [5.74, 6) is 0.494. The van der Waals surface area contributed by atoms with Crippen molar-refractivity contribution in [1.29, 1.82) is 0 Å². The molecule has 0 bridgehead atoms. The molecule has 9 heteroatoms. The normalized spacial score (nSPS) is 15.6. The first-order valence-electron chi connectivity index (χ1n) is 13.2. The SMILES string of the molecule is COC(=O)c1c(NC(=O)CCSc2nnc3c(n2)-c2cccc4cccc-3c24)sc2c1CCC(C(C)(C)C)C2. The van der Waals surface area contributed by atoms with E-state index in [9.17, 15) is 9.59 Å². The van der Waals surface area contributed by atoms with Crippen LogP contribution in [0.1, 0.15) is 54.4 Å². The van der Waals surface area contributed by atoms with E-state index in [-0.39, 0.29) is 23.7 Å². The van der Waals surface area contributed by atoms with Crippen molar-refractivity contribution >= 4 is 50.7 Å². The molecule has 0 aliphatic heterocycles. The Hall–Kier alpha value is -3.30. The lowest BCUT2D eigenvalue weighted by molar-refractivity contribution is -0.115. The summed E-state index contributed by atoms with van der Waals surface area (Å²) in [4.78, 5) is 31.6. The molecule has 39 heavy (non-hydrogen) atoms. The van der Waals surface area contributed by atoms with Gasteiger partial charge in [0.2, 0.25) is 11.1 Å². The fourth-order valence-corrected chi connectivity index (χ4v) is 7.69. The number of anilines is 1. The molecule has 1 unspecified atom stereocenters. The highest BCUT2D eigenvalue weighted by molar-refractivity contribution is 7.99. The number of thioether (sulfide) groups is 1. The van der Waals surface area contributed by atoms with E-state index in [1.165, 1.54) is 35.1 Å². The van der Waals surface area contributed by atoms with E-state index in [4.69, 9.17) is 9.72 Å². The quantitative estimate of drug-likeness (QED) is 0.181. The van der Waals surface area contributed by atoms with Gasteiger partial charge in [0.1, 0.15) is 16.4 Å². The molecule has 7 nitrogen and oxygen atoms in total. The fourth-order valence-electron chi connectivity index (χ4n) is 5.63. The summed E-state index contributed by atoms with van der Waals surface area (Å²) in [6.07, 6.45) is 3.02. The third-order valence-corrected chi connectivity index (χ3v) is 9.78. The molecule has 2 heterocycles. The number of rotatable bonds is 6. The minimum absolute atomic E-state index is 0.148. The number of hydrogen-bond acceptors (Lipinski definition) is 8. The lowest BCUT2D eigenvalue weighted by atomic mass is 9.72. The van der Waals surface area contributed by atoms with Gasteiger partial charge in [-0.15, -0.1) is 21.5 Å². The maximum absolute atomic E-state index is 12.9. The maximum atomic E-state index is 12.9. The molecule has 1 N–H and O–H groups in total. The Morgan fingerprint density at radius 2 is 1.85 bits per heavy atom. The van der Waals surface area contributed by atoms with Crippen molar-refractivity contribution in [2.24, 2.45) is 11.3 Å². The topological polar surface area (TPSA) is 94.1 Å². The zero-order chi connectivity index (χ0) is 27.3. The number of methoxy groups -OCH3 is 1. The minimum atomic E-state index is -0.389. The molecule has 0 saturated carbocycles. The van der Waals surface area contributed by atoms with Gasteiger partial charge in [0, 0.05) is 33.6 Å². The fraction of sp³-hybridized carbons (Fsp3) is 0.367. The molecule has 0 fully saturated rings. The molecule has 2 aromatic heterocycles. The van der Waals surface area contributed by atoms with Crippen molar-refractivity contribution in [2.45, 2.75) is 51.6 Å². The number of esters is 1. The van der Waals surface area contributed by atoms with Gasteiger partial charge < -0.3 is 10.1 Å². The molecule has 0 spiro atoms. The van der Waals surface area contributed by atoms with Gasteiger partial charge in [-0.2, -0.15) is 0 Å². The lowest BCUT2D eigenvalue weighted by Crippen LogP contribution is -2.26. The third-order valence-electron chi connectivity index (χ3n) is 7.78. The highest BCUT2D eigenvalue weighted by Gasteiger charge is 2.34. The lowest BCUT2D eigenvalue weighted by Gasteiger charge is -2.33. The van der Waals surface area contributed by atoms with Gasteiger partial charge in [-0.1, -0.05) is 68.9 Å². The van der Waals surface area contributed by atoms with E-state index < -0.39 is 0 Å². The Morgan fingerprint density at radius 1 is 1.10 bits per heavy atom. The van der Waals surface area contributed by atoms with Crippen LogP contribution in [0.4, 0.5) is 5.00 Å². The van der Waals surface area contributed by atoms with Gasteiger partial charge in [0.15, 0.2) is 0 Å². The predicted octanol–water partition coefficient (Wildman–Crippen LogP) is 6.79. The number of nitrogens with zero attached hydrogens (tertiary/aromatic N) is 3. The number of hydrogen-bond donors (Lipinski definition) is 1. The second-order valence-electron chi connectivity index (χ2n) is 11.2. The van der Waals surface area contributed by atoms with E-state index in [0.717, 1.165) is 58.1 Å². The zero-order valence-electron chi connectivity index (χ0n) is 22.5. The molecule has 1 atom stereocenters. The van der Waals surface area contributed by atoms with Crippen LogP contribution in [0.3, 0.4) is 0 Å². The molecule has 2 aromatic carbocycles. The number of aromatic nitrogens is 3. The van der Waals surface area contributed by atoms with Crippen LogP contribution < -0.4 is 5.32 Å². The summed E-state index contributed by atoms with van der Waals surface area (Å²) in [6, 6.07) is 12.4.